The van der Waals surface area contributed by atoms with E-state index in [1.54, 1.807) is 6.20 Å². The van der Waals surface area contributed by atoms with E-state index in [0.29, 0.717) is 5.02 Å². The molecule has 1 N–H and O–H groups in total. The molecule has 4 nitrogen and oxygen atoms in total. The minimum absolute atomic E-state index is 0.0234. The number of hydrogen-bond donors (Lipinski definition) is 1. The Bertz CT molecular complexity index is 565. The van der Waals surface area contributed by atoms with Crippen molar-refractivity contribution in [2.24, 2.45) is 0 Å². The molecule has 0 radical (unpaired) electrons. The van der Waals surface area contributed by atoms with Gasteiger partial charge in [-0.2, -0.15) is 5.10 Å². The van der Waals surface area contributed by atoms with E-state index in [9.17, 15) is 0 Å². The lowest BCUT2D eigenvalue weighted by atomic mass is 10.0. The number of rotatable bonds is 6. The molecule has 20 heavy (non-hydrogen) atoms. The molecule has 0 fully saturated rings. The van der Waals surface area contributed by atoms with E-state index in [1.165, 1.54) is 0 Å². The van der Waals surface area contributed by atoms with Gasteiger partial charge in [0.25, 0.3) is 0 Å². The number of halogens is 1. The summed E-state index contributed by atoms with van der Waals surface area (Å²) in [6.45, 7) is 7.97. The summed E-state index contributed by atoms with van der Waals surface area (Å²) in [4.78, 5) is 4.38. The first kappa shape index (κ1) is 15.0. The number of aromatic nitrogens is 3. The summed E-state index contributed by atoms with van der Waals surface area (Å²) in [5.41, 5.74) is 3.18. The van der Waals surface area contributed by atoms with E-state index in [-0.39, 0.29) is 6.04 Å². The molecule has 1 unspecified atom stereocenters. The van der Waals surface area contributed by atoms with Gasteiger partial charge in [-0.25, -0.2) is 0 Å². The highest BCUT2D eigenvalue weighted by Gasteiger charge is 2.22. The Labute approximate surface area is 125 Å². The van der Waals surface area contributed by atoms with Crippen LogP contribution in [0.2, 0.25) is 5.02 Å². The molecule has 0 saturated carbocycles. The first-order valence-electron chi connectivity index (χ1n) is 7.05. The predicted octanol–water partition coefficient (Wildman–Crippen LogP) is 3.35. The van der Waals surface area contributed by atoms with Crippen molar-refractivity contribution in [3.8, 4) is 0 Å². The van der Waals surface area contributed by atoms with Gasteiger partial charge in [-0.05, 0) is 31.5 Å². The predicted molar refractivity (Wildman–Crippen MR) is 82.0 cm³/mol. The number of hydrogen-bond acceptors (Lipinski definition) is 3. The maximum Gasteiger partial charge on any atom is 0.0837 e. The van der Waals surface area contributed by atoms with Crippen LogP contribution in [0, 0.1) is 6.92 Å². The van der Waals surface area contributed by atoms with Crippen molar-refractivity contribution in [2.45, 2.75) is 39.8 Å². The van der Waals surface area contributed by atoms with Gasteiger partial charge in [0.15, 0.2) is 0 Å². The second-order valence-electron chi connectivity index (χ2n) is 4.77. The minimum atomic E-state index is 0.0234. The fraction of sp³-hybridized carbons (Fsp3) is 0.467. The van der Waals surface area contributed by atoms with Gasteiger partial charge >= 0.3 is 0 Å². The molecule has 2 aromatic heterocycles. The quantitative estimate of drug-likeness (QED) is 0.888. The van der Waals surface area contributed by atoms with Crippen LogP contribution in [0.3, 0.4) is 0 Å². The topological polar surface area (TPSA) is 42.7 Å². The molecule has 0 spiro atoms. The van der Waals surface area contributed by atoms with Gasteiger partial charge < -0.3 is 5.32 Å². The van der Waals surface area contributed by atoms with E-state index in [1.807, 2.05) is 23.9 Å². The van der Waals surface area contributed by atoms with Crippen molar-refractivity contribution in [1.29, 1.82) is 0 Å². The van der Waals surface area contributed by atoms with Gasteiger partial charge in [-0.15, -0.1) is 0 Å². The summed E-state index contributed by atoms with van der Waals surface area (Å²) in [5.74, 6) is 0. The van der Waals surface area contributed by atoms with E-state index >= 15 is 0 Å². The molecular weight excluding hydrogens is 272 g/mol. The van der Waals surface area contributed by atoms with Gasteiger partial charge in [0.1, 0.15) is 0 Å². The molecule has 108 valence electrons. The van der Waals surface area contributed by atoms with Crippen LogP contribution in [-0.4, -0.2) is 21.3 Å². The Balaban J connectivity index is 2.49. The lowest BCUT2D eigenvalue weighted by Crippen LogP contribution is -2.26. The second-order valence-corrected chi connectivity index (χ2v) is 5.18. The second kappa shape index (κ2) is 6.86. The maximum atomic E-state index is 6.37. The summed E-state index contributed by atoms with van der Waals surface area (Å²) in [5, 5.41) is 8.59. The number of nitrogens with one attached hydrogen (secondary N) is 1. The molecule has 0 bridgehead atoms. The van der Waals surface area contributed by atoms with Gasteiger partial charge in [-0.3, -0.25) is 9.67 Å². The summed E-state index contributed by atoms with van der Waals surface area (Å²) < 4.78 is 1.99. The summed E-state index contributed by atoms with van der Waals surface area (Å²) in [7, 11) is 0. The highest BCUT2D eigenvalue weighted by molar-refractivity contribution is 6.31. The van der Waals surface area contributed by atoms with Crippen molar-refractivity contribution < 1.29 is 0 Å². The van der Waals surface area contributed by atoms with Crippen LogP contribution in [0.1, 0.15) is 43.3 Å². The highest BCUT2D eigenvalue weighted by atomic mass is 35.5. The van der Waals surface area contributed by atoms with Crippen LogP contribution in [0.5, 0.6) is 0 Å². The van der Waals surface area contributed by atoms with Crippen molar-refractivity contribution >= 4 is 11.6 Å². The zero-order valence-electron chi connectivity index (χ0n) is 12.2. The SMILES string of the molecule is CCCn1ncc(Cl)c1C(NCC)c1cccnc1C. The van der Waals surface area contributed by atoms with Crippen LogP contribution >= 0.6 is 11.6 Å². The van der Waals surface area contributed by atoms with Crippen LogP contribution in [-0.2, 0) is 6.54 Å². The van der Waals surface area contributed by atoms with Gasteiger partial charge in [0.05, 0.1) is 23.0 Å². The summed E-state index contributed by atoms with van der Waals surface area (Å²) >= 11 is 6.37. The summed E-state index contributed by atoms with van der Waals surface area (Å²) in [6.07, 6.45) is 4.56. The fourth-order valence-corrected chi connectivity index (χ4v) is 2.66. The molecule has 5 heteroatoms. The van der Waals surface area contributed by atoms with E-state index in [0.717, 1.165) is 36.5 Å². The number of nitrogens with zero attached hydrogens (tertiary/aromatic N) is 3. The van der Waals surface area contributed by atoms with E-state index < -0.39 is 0 Å². The molecule has 1 atom stereocenters. The molecular formula is C15H21ClN4. The lowest BCUT2D eigenvalue weighted by Gasteiger charge is -2.21. The van der Waals surface area contributed by atoms with E-state index in [4.69, 9.17) is 11.6 Å². The normalized spacial score (nSPS) is 12.6. The first-order valence-corrected chi connectivity index (χ1v) is 7.42. The molecule has 0 aliphatic rings. The Hall–Kier alpha value is -1.39. The molecule has 2 rings (SSSR count). The standard InChI is InChI=1S/C15H21ClN4/c1-4-9-20-15(13(16)10-19-20)14(17-5-2)12-7-6-8-18-11(12)3/h6-8,10,14,17H,4-5,9H2,1-3H3. The number of pyridine rings is 1. The first-order chi connectivity index (χ1) is 9.69. The van der Waals surface area contributed by atoms with Crippen molar-refractivity contribution in [3.63, 3.8) is 0 Å². The smallest absolute Gasteiger partial charge is 0.0837 e. The average Bonchev–Trinajstić information content (AvgIpc) is 2.79. The largest absolute Gasteiger partial charge is 0.305 e. The fourth-order valence-electron chi connectivity index (χ4n) is 2.41. The molecule has 0 aliphatic carbocycles. The van der Waals surface area contributed by atoms with Gasteiger partial charge in [0.2, 0.25) is 0 Å². The van der Waals surface area contributed by atoms with Crippen LogP contribution in [0.4, 0.5) is 0 Å². The Morgan fingerprint density at radius 3 is 2.85 bits per heavy atom. The van der Waals surface area contributed by atoms with Gasteiger partial charge in [0, 0.05) is 18.4 Å². The Morgan fingerprint density at radius 2 is 2.20 bits per heavy atom. The molecule has 0 aliphatic heterocycles. The average molecular weight is 293 g/mol. The van der Waals surface area contributed by atoms with Crippen molar-refractivity contribution in [2.75, 3.05) is 6.54 Å². The van der Waals surface area contributed by atoms with Crippen molar-refractivity contribution in [1.82, 2.24) is 20.1 Å². The van der Waals surface area contributed by atoms with Crippen molar-refractivity contribution in [3.05, 3.63) is 46.5 Å². The molecule has 0 saturated heterocycles. The summed E-state index contributed by atoms with van der Waals surface area (Å²) in [6, 6.07) is 4.08. The molecule has 2 aromatic rings. The van der Waals surface area contributed by atoms with Gasteiger partial charge in [-0.1, -0.05) is 31.5 Å². The third-order valence-electron chi connectivity index (χ3n) is 3.31. The number of aryl methyl sites for hydroxylation is 2. The zero-order chi connectivity index (χ0) is 14.5. The van der Waals surface area contributed by atoms with E-state index in [2.05, 4.69) is 35.3 Å². The maximum absolute atomic E-state index is 6.37. The monoisotopic (exact) mass is 292 g/mol. The third-order valence-corrected chi connectivity index (χ3v) is 3.60. The zero-order valence-corrected chi connectivity index (χ0v) is 13.0. The Kier molecular flexibility index (Phi) is 5.15. The molecule has 2 heterocycles. The third kappa shape index (κ3) is 3.02. The van der Waals surface area contributed by atoms with Crippen LogP contribution < -0.4 is 5.32 Å². The molecule has 0 aromatic carbocycles. The molecule has 0 amide bonds. The van der Waals surface area contributed by atoms with Crippen LogP contribution in [0.15, 0.2) is 24.5 Å². The lowest BCUT2D eigenvalue weighted by molar-refractivity contribution is 0.518. The minimum Gasteiger partial charge on any atom is -0.305 e. The highest BCUT2D eigenvalue weighted by Crippen LogP contribution is 2.29. The van der Waals surface area contributed by atoms with Crippen LogP contribution in [0.25, 0.3) is 0 Å². The Morgan fingerprint density at radius 1 is 1.40 bits per heavy atom.